The van der Waals surface area contributed by atoms with E-state index in [2.05, 4.69) is 62.5 Å². The summed E-state index contributed by atoms with van der Waals surface area (Å²) in [5.74, 6) is -0.395. The van der Waals surface area contributed by atoms with Crippen molar-refractivity contribution in [3.05, 3.63) is 48.6 Å². The number of ether oxygens (including phenoxy) is 6. The van der Waals surface area contributed by atoms with Crippen molar-refractivity contribution in [3.8, 4) is 0 Å². The summed E-state index contributed by atoms with van der Waals surface area (Å²) in [6.45, 7) is 3.49. The van der Waals surface area contributed by atoms with Gasteiger partial charge in [0.25, 0.3) is 0 Å². The third-order valence-electron chi connectivity index (χ3n) is 11.3. The van der Waals surface area contributed by atoms with Crippen LogP contribution in [0.2, 0.25) is 0 Å². The number of hydrogen-bond donors (Lipinski definition) is 7. The zero-order chi connectivity index (χ0) is 45.9. The van der Waals surface area contributed by atoms with Crippen LogP contribution in [0.4, 0.5) is 0 Å². The highest BCUT2D eigenvalue weighted by Gasteiger charge is 2.47. The second kappa shape index (κ2) is 37.1. The van der Waals surface area contributed by atoms with Gasteiger partial charge in [-0.25, -0.2) is 0 Å². The smallest absolute Gasteiger partial charge is 0.306 e. The average Bonchev–Trinajstić information content (AvgIpc) is 3.28. The number of hydrogen-bond acceptors (Lipinski definition) is 14. The summed E-state index contributed by atoms with van der Waals surface area (Å²) < 4.78 is 34.2. The Labute approximate surface area is 378 Å². The molecule has 2 aliphatic rings. The summed E-state index contributed by atoms with van der Waals surface area (Å²) in [5, 5.41) is 72.0. The van der Waals surface area contributed by atoms with Gasteiger partial charge in [0.2, 0.25) is 0 Å². The van der Waals surface area contributed by atoms with Crippen molar-refractivity contribution < 1.29 is 69.0 Å². The molecule has 0 radical (unpaired) electrons. The van der Waals surface area contributed by atoms with Gasteiger partial charge in [-0.3, -0.25) is 4.79 Å². The van der Waals surface area contributed by atoms with Gasteiger partial charge < -0.3 is 64.2 Å². The molecule has 14 heteroatoms. The highest BCUT2D eigenvalue weighted by Crippen LogP contribution is 2.26. The lowest BCUT2D eigenvalue weighted by molar-refractivity contribution is -0.332. The van der Waals surface area contributed by atoms with E-state index in [4.69, 9.17) is 28.4 Å². The molecular formula is C49H86O14. The van der Waals surface area contributed by atoms with Crippen LogP contribution in [-0.4, -0.2) is 142 Å². The Morgan fingerprint density at radius 1 is 0.540 bits per heavy atom. The van der Waals surface area contributed by atoms with Crippen molar-refractivity contribution >= 4 is 5.97 Å². The minimum absolute atomic E-state index is 0.0419. The van der Waals surface area contributed by atoms with Crippen molar-refractivity contribution in [2.24, 2.45) is 0 Å². The molecule has 2 heterocycles. The number of rotatable bonds is 37. The fourth-order valence-electron chi connectivity index (χ4n) is 7.35. The Morgan fingerprint density at radius 3 is 1.63 bits per heavy atom. The average molecular weight is 899 g/mol. The first-order valence-corrected chi connectivity index (χ1v) is 24.2. The molecular weight excluding hydrogens is 813 g/mol. The number of allylic oxidation sites excluding steroid dienone is 8. The van der Waals surface area contributed by atoms with E-state index in [0.717, 1.165) is 89.9 Å². The molecule has 14 nitrogen and oxygen atoms in total. The predicted molar refractivity (Wildman–Crippen MR) is 243 cm³/mol. The molecule has 2 rings (SSSR count). The molecule has 0 bridgehead atoms. The molecule has 0 amide bonds. The molecule has 0 aromatic carbocycles. The second-order valence-corrected chi connectivity index (χ2v) is 16.9. The Bertz CT molecular complexity index is 1230. The van der Waals surface area contributed by atoms with Gasteiger partial charge in [-0.15, -0.1) is 0 Å². The van der Waals surface area contributed by atoms with Gasteiger partial charge in [0.15, 0.2) is 12.6 Å². The largest absolute Gasteiger partial charge is 0.457 e. The highest BCUT2D eigenvalue weighted by atomic mass is 16.7. The fourth-order valence-corrected chi connectivity index (χ4v) is 7.35. The van der Waals surface area contributed by atoms with E-state index in [1.54, 1.807) is 0 Å². The van der Waals surface area contributed by atoms with E-state index < -0.39 is 86.7 Å². The Balaban J connectivity index is 1.81. The summed E-state index contributed by atoms with van der Waals surface area (Å²) in [7, 11) is 0. The van der Waals surface area contributed by atoms with E-state index in [-0.39, 0.29) is 19.6 Å². The van der Waals surface area contributed by atoms with Crippen molar-refractivity contribution in [1.29, 1.82) is 0 Å². The van der Waals surface area contributed by atoms with Crippen LogP contribution >= 0.6 is 0 Å². The SMILES string of the molecule is CC/C=C\C/C=C\C/C=C\CCCCCCOCC(COC1OC(COC2OC(CO)C(O)C(O)C2O)C(O)C(O)C1O)OC(=O)CCCCCCC/C=C\CCCCCCCC. The zero-order valence-corrected chi connectivity index (χ0v) is 38.5. The summed E-state index contributed by atoms with van der Waals surface area (Å²) in [6, 6.07) is 0. The summed E-state index contributed by atoms with van der Waals surface area (Å²) in [5.41, 5.74) is 0. The van der Waals surface area contributed by atoms with Gasteiger partial charge in [-0.05, 0) is 70.6 Å². The molecule has 7 N–H and O–H groups in total. The van der Waals surface area contributed by atoms with Crippen molar-refractivity contribution in [2.45, 2.75) is 223 Å². The normalized spacial score (nSPS) is 27.4. The van der Waals surface area contributed by atoms with Gasteiger partial charge >= 0.3 is 5.97 Å². The van der Waals surface area contributed by atoms with Crippen molar-refractivity contribution in [2.75, 3.05) is 33.0 Å². The monoisotopic (exact) mass is 899 g/mol. The zero-order valence-electron chi connectivity index (χ0n) is 38.5. The lowest BCUT2D eigenvalue weighted by atomic mass is 9.98. The summed E-state index contributed by atoms with van der Waals surface area (Å²) in [6.07, 6.45) is 24.6. The minimum Gasteiger partial charge on any atom is -0.457 e. The molecule has 0 aromatic heterocycles. The molecule has 2 fully saturated rings. The lowest BCUT2D eigenvalue weighted by Crippen LogP contribution is -2.61. The molecule has 0 spiro atoms. The Morgan fingerprint density at radius 2 is 1.03 bits per heavy atom. The minimum atomic E-state index is -1.71. The Kier molecular flexibility index (Phi) is 33.6. The molecule has 0 aliphatic carbocycles. The van der Waals surface area contributed by atoms with E-state index in [1.165, 1.54) is 38.5 Å². The molecule has 0 saturated carbocycles. The van der Waals surface area contributed by atoms with Gasteiger partial charge in [-0.1, -0.05) is 127 Å². The molecule has 11 atom stereocenters. The number of aliphatic hydroxyl groups is 7. The van der Waals surface area contributed by atoms with E-state index >= 15 is 0 Å². The molecule has 2 saturated heterocycles. The summed E-state index contributed by atoms with van der Waals surface area (Å²) in [4.78, 5) is 13.0. The van der Waals surface area contributed by atoms with Gasteiger partial charge in [0.1, 0.15) is 54.9 Å². The van der Waals surface area contributed by atoms with E-state index in [1.807, 2.05) is 0 Å². The van der Waals surface area contributed by atoms with Crippen LogP contribution in [0.15, 0.2) is 48.6 Å². The number of carbonyl (C=O) groups is 1. The van der Waals surface area contributed by atoms with Crippen LogP contribution in [-0.2, 0) is 33.2 Å². The van der Waals surface area contributed by atoms with Crippen LogP contribution in [0.5, 0.6) is 0 Å². The lowest BCUT2D eigenvalue weighted by Gasteiger charge is -2.42. The second-order valence-electron chi connectivity index (χ2n) is 16.9. The van der Waals surface area contributed by atoms with E-state index in [0.29, 0.717) is 13.0 Å². The van der Waals surface area contributed by atoms with Crippen LogP contribution in [0.25, 0.3) is 0 Å². The van der Waals surface area contributed by atoms with Gasteiger partial charge in [0.05, 0.1) is 26.4 Å². The highest BCUT2D eigenvalue weighted by molar-refractivity contribution is 5.69. The van der Waals surface area contributed by atoms with Crippen LogP contribution < -0.4 is 0 Å². The maximum Gasteiger partial charge on any atom is 0.306 e. The van der Waals surface area contributed by atoms with Gasteiger partial charge in [0, 0.05) is 13.0 Å². The topological polar surface area (TPSA) is 214 Å². The standard InChI is InChI=1S/C49H86O14/c1-3-5-7-9-11-13-15-17-19-20-22-24-26-28-30-32-41(51)61-38(35-58-33-31-29-27-25-23-21-18-16-14-12-10-8-6-4-2)36-59-48-47(57)45(55)43(53)40(63-48)37-60-49-46(56)44(54)42(52)39(34-50)62-49/h6,8,12,14,17-19,21,38-40,42-50,52-57H,3-5,7,9-11,13,15-16,20,22-37H2,1-2H3/b8-6-,14-12-,19-17-,21-18-. The van der Waals surface area contributed by atoms with E-state index in [9.17, 15) is 40.5 Å². The maximum absolute atomic E-state index is 13.0. The first-order chi connectivity index (χ1) is 30.6. The first kappa shape index (κ1) is 57.1. The van der Waals surface area contributed by atoms with Crippen LogP contribution in [0.3, 0.4) is 0 Å². The quantitative estimate of drug-likeness (QED) is 0.0204. The maximum atomic E-state index is 13.0. The number of carbonyl (C=O) groups excluding carboxylic acids is 1. The first-order valence-electron chi connectivity index (χ1n) is 24.2. The van der Waals surface area contributed by atoms with Crippen LogP contribution in [0, 0.1) is 0 Å². The molecule has 366 valence electrons. The number of aliphatic hydroxyl groups excluding tert-OH is 7. The fraction of sp³-hybridized carbons (Fsp3) is 0.816. The third-order valence-corrected chi connectivity index (χ3v) is 11.3. The van der Waals surface area contributed by atoms with Gasteiger partial charge in [-0.2, -0.15) is 0 Å². The number of esters is 1. The molecule has 11 unspecified atom stereocenters. The predicted octanol–water partition coefficient (Wildman–Crippen LogP) is 6.40. The van der Waals surface area contributed by atoms with Crippen molar-refractivity contribution in [1.82, 2.24) is 0 Å². The number of unbranched alkanes of at least 4 members (excludes halogenated alkanes) is 15. The molecule has 0 aromatic rings. The summed E-state index contributed by atoms with van der Waals surface area (Å²) >= 11 is 0. The van der Waals surface area contributed by atoms with Crippen LogP contribution in [0.1, 0.15) is 155 Å². The molecule has 2 aliphatic heterocycles. The Hall–Kier alpha value is -2.05. The van der Waals surface area contributed by atoms with Crippen molar-refractivity contribution in [3.63, 3.8) is 0 Å². The molecule has 63 heavy (non-hydrogen) atoms. The third kappa shape index (κ3) is 25.4.